The van der Waals surface area contributed by atoms with Gasteiger partial charge < -0.3 is 4.74 Å². The summed E-state index contributed by atoms with van der Waals surface area (Å²) in [6.45, 7) is 9.17. The molecule has 0 aliphatic carbocycles. The number of hydrogen-bond acceptors (Lipinski definition) is 2. The maximum absolute atomic E-state index is 13.3. The standard InChI is InChI=1S/C40H80O2/c1-5-9-13-17-21-23-25-27-31-35-39(41)42-40(36-32-28-19-15-11-7-3,37-33-29-20-16-12-8-4)38-34-30-26-24-22-18-14-10-6-2/h5-38H2,1-4H3. The predicted molar refractivity (Wildman–Crippen MR) is 188 cm³/mol. The number of rotatable bonds is 35. The fourth-order valence-electron chi connectivity index (χ4n) is 6.61. The third kappa shape index (κ3) is 28.3. The summed E-state index contributed by atoms with van der Waals surface area (Å²) in [5, 5.41) is 0. The van der Waals surface area contributed by atoms with E-state index < -0.39 is 0 Å². The minimum Gasteiger partial charge on any atom is -0.459 e. The van der Waals surface area contributed by atoms with E-state index >= 15 is 0 Å². The summed E-state index contributed by atoms with van der Waals surface area (Å²) in [6, 6.07) is 0. The zero-order chi connectivity index (χ0) is 30.8. The first-order valence-electron chi connectivity index (χ1n) is 19.9. The molecule has 252 valence electrons. The Balaban J connectivity index is 4.89. The number of unbranched alkanes of at least 4 members (excludes halogenated alkanes) is 26. The molecule has 0 amide bonds. The number of carbonyl (C=O) groups excluding carboxylic acids is 1. The lowest BCUT2D eigenvalue weighted by Gasteiger charge is -2.34. The van der Waals surface area contributed by atoms with Gasteiger partial charge in [0, 0.05) is 6.42 Å². The van der Waals surface area contributed by atoms with Crippen LogP contribution < -0.4 is 0 Å². The van der Waals surface area contributed by atoms with Gasteiger partial charge in [-0.15, -0.1) is 0 Å². The highest BCUT2D eigenvalue weighted by Crippen LogP contribution is 2.34. The summed E-state index contributed by atoms with van der Waals surface area (Å²) < 4.78 is 6.60. The van der Waals surface area contributed by atoms with Gasteiger partial charge in [-0.25, -0.2) is 0 Å². The summed E-state index contributed by atoms with van der Waals surface area (Å²) in [7, 11) is 0. The van der Waals surface area contributed by atoms with Crippen molar-refractivity contribution < 1.29 is 9.53 Å². The van der Waals surface area contributed by atoms with Gasteiger partial charge in [0.15, 0.2) is 0 Å². The molecule has 0 heterocycles. The van der Waals surface area contributed by atoms with Crippen molar-refractivity contribution in [3.05, 3.63) is 0 Å². The highest BCUT2D eigenvalue weighted by molar-refractivity contribution is 5.69. The van der Waals surface area contributed by atoms with Crippen molar-refractivity contribution in [3.63, 3.8) is 0 Å². The van der Waals surface area contributed by atoms with E-state index in [-0.39, 0.29) is 11.6 Å². The first-order valence-corrected chi connectivity index (χ1v) is 19.9. The van der Waals surface area contributed by atoms with Crippen LogP contribution in [0.4, 0.5) is 0 Å². The molecule has 0 spiro atoms. The average Bonchev–Trinajstić information content (AvgIpc) is 2.99. The van der Waals surface area contributed by atoms with Gasteiger partial charge in [-0.1, -0.05) is 195 Å². The molecular weight excluding hydrogens is 512 g/mol. The second-order valence-corrected chi connectivity index (χ2v) is 13.8. The van der Waals surface area contributed by atoms with Crippen molar-refractivity contribution in [2.45, 2.75) is 252 Å². The average molecular weight is 593 g/mol. The molecule has 0 unspecified atom stereocenters. The van der Waals surface area contributed by atoms with Crippen LogP contribution in [0, 0.1) is 0 Å². The topological polar surface area (TPSA) is 26.3 Å². The van der Waals surface area contributed by atoms with Gasteiger partial charge in [0.2, 0.25) is 0 Å². The van der Waals surface area contributed by atoms with Gasteiger partial charge in [-0.2, -0.15) is 0 Å². The van der Waals surface area contributed by atoms with Gasteiger partial charge >= 0.3 is 5.97 Å². The van der Waals surface area contributed by atoms with E-state index in [0.717, 1.165) is 25.7 Å². The van der Waals surface area contributed by atoms with Crippen LogP contribution in [-0.4, -0.2) is 11.6 Å². The summed E-state index contributed by atoms with van der Waals surface area (Å²) >= 11 is 0. The zero-order valence-electron chi connectivity index (χ0n) is 29.9. The molecule has 0 aliphatic rings. The quantitative estimate of drug-likeness (QED) is 0.0540. The highest BCUT2D eigenvalue weighted by Gasteiger charge is 2.32. The van der Waals surface area contributed by atoms with Crippen LogP contribution in [0.25, 0.3) is 0 Å². The molecule has 0 atom stereocenters. The van der Waals surface area contributed by atoms with Crippen molar-refractivity contribution in [2.24, 2.45) is 0 Å². The SMILES string of the molecule is CCCCCCCCCCCC(=O)OC(CCCCCCCC)(CCCCCCCC)CCCCCCCCCCC. The fourth-order valence-corrected chi connectivity index (χ4v) is 6.61. The smallest absolute Gasteiger partial charge is 0.306 e. The molecule has 0 bridgehead atoms. The fraction of sp³-hybridized carbons (Fsp3) is 0.975. The third-order valence-electron chi connectivity index (χ3n) is 9.52. The second-order valence-electron chi connectivity index (χ2n) is 13.8. The van der Waals surface area contributed by atoms with E-state index in [4.69, 9.17) is 4.74 Å². The number of esters is 1. The Morgan fingerprint density at radius 1 is 0.357 bits per heavy atom. The van der Waals surface area contributed by atoms with Crippen LogP contribution in [-0.2, 0) is 9.53 Å². The third-order valence-corrected chi connectivity index (χ3v) is 9.52. The van der Waals surface area contributed by atoms with E-state index in [2.05, 4.69) is 27.7 Å². The lowest BCUT2D eigenvalue weighted by molar-refractivity contribution is -0.163. The molecule has 2 heteroatoms. The maximum atomic E-state index is 13.3. The van der Waals surface area contributed by atoms with Gasteiger partial charge in [-0.05, 0) is 44.9 Å². The Bertz CT molecular complexity index is 512. The van der Waals surface area contributed by atoms with Crippen LogP contribution in [0.3, 0.4) is 0 Å². The first-order chi connectivity index (χ1) is 20.6. The Morgan fingerprint density at radius 2 is 0.595 bits per heavy atom. The maximum Gasteiger partial charge on any atom is 0.306 e. The summed E-state index contributed by atoms with van der Waals surface area (Å²) in [4.78, 5) is 13.3. The molecular formula is C40H80O2. The van der Waals surface area contributed by atoms with Gasteiger partial charge in [0.25, 0.3) is 0 Å². The molecule has 0 saturated heterocycles. The Labute approximate surface area is 266 Å². The molecule has 2 nitrogen and oxygen atoms in total. The minimum absolute atomic E-state index is 0.103. The van der Waals surface area contributed by atoms with Crippen LogP contribution in [0.5, 0.6) is 0 Å². The van der Waals surface area contributed by atoms with E-state index in [9.17, 15) is 4.79 Å². The molecule has 0 N–H and O–H groups in total. The normalized spacial score (nSPS) is 11.8. The minimum atomic E-state index is -0.201. The van der Waals surface area contributed by atoms with Gasteiger partial charge in [0.1, 0.15) is 5.60 Å². The molecule has 0 saturated carbocycles. The van der Waals surface area contributed by atoms with Gasteiger partial charge in [-0.3, -0.25) is 4.79 Å². The van der Waals surface area contributed by atoms with Crippen molar-refractivity contribution in [3.8, 4) is 0 Å². The highest BCUT2D eigenvalue weighted by atomic mass is 16.6. The summed E-state index contributed by atoms with van der Waals surface area (Å²) in [5.41, 5.74) is -0.201. The monoisotopic (exact) mass is 593 g/mol. The molecule has 0 aliphatic heterocycles. The van der Waals surface area contributed by atoms with E-state index in [0.29, 0.717) is 6.42 Å². The second kappa shape index (κ2) is 33.4. The van der Waals surface area contributed by atoms with Crippen molar-refractivity contribution >= 4 is 5.97 Å². The van der Waals surface area contributed by atoms with Crippen LogP contribution in [0.15, 0.2) is 0 Å². The lowest BCUT2D eigenvalue weighted by atomic mass is 9.84. The Morgan fingerprint density at radius 3 is 0.881 bits per heavy atom. The largest absolute Gasteiger partial charge is 0.459 e. The first kappa shape index (κ1) is 41.5. The summed E-state index contributed by atoms with van der Waals surface area (Å²) in [5.74, 6) is 0.103. The van der Waals surface area contributed by atoms with E-state index in [1.54, 1.807) is 0 Å². The van der Waals surface area contributed by atoms with E-state index in [1.165, 1.54) is 186 Å². The zero-order valence-corrected chi connectivity index (χ0v) is 29.9. The number of carbonyl (C=O) groups is 1. The van der Waals surface area contributed by atoms with Crippen molar-refractivity contribution in [1.29, 1.82) is 0 Å². The lowest BCUT2D eigenvalue weighted by Crippen LogP contribution is -2.35. The molecule has 0 aromatic rings. The van der Waals surface area contributed by atoms with Crippen LogP contribution in [0.2, 0.25) is 0 Å². The predicted octanol–water partition coefficient (Wildman–Crippen LogP) is 14.6. The molecule has 0 rings (SSSR count). The molecule has 0 fully saturated rings. The van der Waals surface area contributed by atoms with Crippen LogP contribution >= 0.6 is 0 Å². The van der Waals surface area contributed by atoms with E-state index in [1.807, 2.05) is 0 Å². The molecule has 42 heavy (non-hydrogen) atoms. The Kier molecular flexibility index (Phi) is 32.9. The number of hydrogen-bond donors (Lipinski definition) is 0. The molecule has 0 radical (unpaired) electrons. The Hall–Kier alpha value is -0.530. The molecule has 0 aromatic carbocycles. The van der Waals surface area contributed by atoms with Crippen molar-refractivity contribution in [2.75, 3.05) is 0 Å². The van der Waals surface area contributed by atoms with Gasteiger partial charge in [0.05, 0.1) is 0 Å². The number of ether oxygens (including phenoxy) is 1. The molecule has 0 aromatic heterocycles. The van der Waals surface area contributed by atoms with Crippen LogP contribution in [0.1, 0.15) is 246 Å². The van der Waals surface area contributed by atoms with Crippen molar-refractivity contribution in [1.82, 2.24) is 0 Å². The summed E-state index contributed by atoms with van der Waals surface area (Å²) in [6.07, 6.45) is 43.5.